The molecule has 0 aliphatic rings. The van der Waals surface area contributed by atoms with Crippen LogP contribution >= 0.6 is 0 Å². The van der Waals surface area contributed by atoms with Gasteiger partial charge in [-0.1, -0.05) is 23.8 Å². The Kier molecular flexibility index (Phi) is 5.97. The molecule has 0 saturated carbocycles. The number of aryl methyl sites for hydroxylation is 1. The summed E-state index contributed by atoms with van der Waals surface area (Å²) in [6.45, 7) is 4.50. The van der Waals surface area contributed by atoms with Gasteiger partial charge in [0.05, 0.1) is 13.2 Å². The number of benzene rings is 1. The van der Waals surface area contributed by atoms with Gasteiger partial charge in [0.2, 0.25) is 0 Å². The maximum Gasteiger partial charge on any atom is 0.315 e. The minimum Gasteiger partial charge on any atom is -0.496 e. The summed E-state index contributed by atoms with van der Waals surface area (Å²) in [4.78, 5) is 16.2. The van der Waals surface area contributed by atoms with Crippen molar-refractivity contribution in [1.82, 2.24) is 15.6 Å². The van der Waals surface area contributed by atoms with E-state index in [4.69, 9.17) is 4.74 Å². The molecule has 0 radical (unpaired) electrons. The quantitative estimate of drug-likeness (QED) is 0.861. The van der Waals surface area contributed by atoms with Gasteiger partial charge in [-0.05, 0) is 32.0 Å². The highest BCUT2D eigenvalue weighted by Gasteiger charge is 2.14. The zero-order valence-corrected chi connectivity index (χ0v) is 13.8. The second kappa shape index (κ2) is 8.17. The predicted molar refractivity (Wildman–Crippen MR) is 90.6 cm³/mol. The summed E-state index contributed by atoms with van der Waals surface area (Å²) in [7, 11) is 1.63. The molecule has 2 N–H and O–H groups in total. The molecule has 1 aromatic carbocycles. The maximum absolute atomic E-state index is 12.0. The highest BCUT2D eigenvalue weighted by atomic mass is 16.5. The fraction of sp³-hybridized carbons (Fsp3) is 0.333. The van der Waals surface area contributed by atoms with E-state index in [1.165, 1.54) is 0 Å². The van der Waals surface area contributed by atoms with Gasteiger partial charge < -0.3 is 15.4 Å². The third kappa shape index (κ3) is 4.98. The first-order valence-electron chi connectivity index (χ1n) is 7.69. The number of hydrogen-bond donors (Lipinski definition) is 2. The number of nitrogens with zero attached hydrogens (tertiary/aromatic N) is 1. The average molecular weight is 313 g/mol. The Bertz CT molecular complexity index is 644. The highest BCUT2D eigenvalue weighted by Crippen LogP contribution is 2.25. The van der Waals surface area contributed by atoms with Gasteiger partial charge in [0.25, 0.3) is 0 Å². The zero-order chi connectivity index (χ0) is 16.7. The normalized spacial score (nSPS) is 11.6. The van der Waals surface area contributed by atoms with Crippen molar-refractivity contribution in [2.24, 2.45) is 0 Å². The standard InChI is InChI=1S/C18H23N3O2/c1-13-7-8-17(23-3)16(12-13)14(2)21-18(22)20-11-9-15-6-4-5-10-19-15/h4-8,10,12,14H,9,11H2,1-3H3,(H2,20,21,22). The lowest BCUT2D eigenvalue weighted by molar-refractivity contribution is 0.238. The first kappa shape index (κ1) is 16.8. The van der Waals surface area contributed by atoms with Crippen LogP contribution in [0.3, 0.4) is 0 Å². The number of nitrogens with one attached hydrogen (secondary N) is 2. The number of carbonyl (C=O) groups excluding carboxylic acids is 1. The molecule has 1 heterocycles. The van der Waals surface area contributed by atoms with Crippen molar-refractivity contribution in [3.63, 3.8) is 0 Å². The van der Waals surface area contributed by atoms with Crippen molar-refractivity contribution < 1.29 is 9.53 Å². The molecule has 0 aliphatic carbocycles. The molecule has 0 bridgehead atoms. The highest BCUT2D eigenvalue weighted by molar-refractivity contribution is 5.74. The largest absolute Gasteiger partial charge is 0.496 e. The fourth-order valence-electron chi connectivity index (χ4n) is 2.37. The van der Waals surface area contributed by atoms with Crippen LogP contribution in [0.25, 0.3) is 0 Å². The molecule has 1 unspecified atom stereocenters. The van der Waals surface area contributed by atoms with Crippen LogP contribution in [0.15, 0.2) is 42.6 Å². The van der Waals surface area contributed by atoms with Gasteiger partial charge in [-0.15, -0.1) is 0 Å². The third-order valence-corrected chi connectivity index (χ3v) is 3.59. The molecule has 0 saturated heterocycles. The second-order valence-corrected chi connectivity index (χ2v) is 5.44. The van der Waals surface area contributed by atoms with Crippen LogP contribution in [0, 0.1) is 6.92 Å². The summed E-state index contributed by atoms with van der Waals surface area (Å²) in [5, 5.41) is 5.79. The molecule has 2 aromatic rings. The van der Waals surface area contributed by atoms with E-state index in [0.717, 1.165) is 22.6 Å². The predicted octanol–water partition coefficient (Wildman–Crippen LogP) is 3.00. The number of hydrogen-bond acceptors (Lipinski definition) is 3. The van der Waals surface area contributed by atoms with Crippen LogP contribution in [0.2, 0.25) is 0 Å². The third-order valence-electron chi connectivity index (χ3n) is 3.59. The molecule has 0 spiro atoms. The summed E-state index contributed by atoms with van der Waals surface area (Å²) in [5.41, 5.74) is 3.05. The van der Waals surface area contributed by atoms with Gasteiger partial charge in [0, 0.05) is 30.4 Å². The first-order chi connectivity index (χ1) is 11.1. The molecular weight excluding hydrogens is 290 g/mol. The van der Waals surface area contributed by atoms with E-state index in [1.54, 1.807) is 13.3 Å². The number of ether oxygens (including phenoxy) is 1. The first-order valence-corrected chi connectivity index (χ1v) is 7.69. The van der Waals surface area contributed by atoms with Crippen LogP contribution in [0.4, 0.5) is 4.79 Å². The van der Waals surface area contributed by atoms with E-state index >= 15 is 0 Å². The van der Waals surface area contributed by atoms with E-state index < -0.39 is 0 Å². The van der Waals surface area contributed by atoms with E-state index in [2.05, 4.69) is 15.6 Å². The molecule has 5 nitrogen and oxygen atoms in total. The molecular formula is C18H23N3O2. The Morgan fingerprint density at radius 3 is 2.83 bits per heavy atom. The van der Waals surface area contributed by atoms with Gasteiger partial charge in [-0.3, -0.25) is 4.98 Å². The molecule has 0 aliphatic heterocycles. The lowest BCUT2D eigenvalue weighted by Gasteiger charge is -2.18. The molecule has 122 valence electrons. The SMILES string of the molecule is COc1ccc(C)cc1C(C)NC(=O)NCCc1ccccn1. The molecule has 1 aromatic heterocycles. The smallest absolute Gasteiger partial charge is 0.315 e. The second-order valence-electron chi connectivity index (χ2n) is 5.44. The van der Waals surface area contributed by atoms with Crippen molar-refractivity contribution in [3.8, 4) is 5.75 Å². The van der Waals surface area contributed by atoms with Crippen molar-refractivity contribution in [2.75, 3.05) is 13.7 Å². The maximum atomic E-state index is 12.0. The Morgan fingerprint density at radius 2 is 2.13 bits per heavy atom. The minimum absolute atomic E-state index is 0.139. The summed E-state index contributed by atoms with van der Waals surface area (Å²) >= 11 is 0. The molecule has 5 heteroatoms. The number of rotatable bonds is 6. The van der Waals surface area contributed by atoms with Gasteiger partial charge >= 0.3 is 6.03 Å². The Morgan fingerprint density at radius 1 is 1.30 bits per heavy atom. The molecule has 0 fully saturated rings. The molecule has 23 heavy (non-hydrogen) atoms. The Hall–Kier alpha value is -2.56. The molecule has 2 rings (SSSR count). The van der Waals surface area contributed by atoms with Crippen molar-refractivity contribution in [2.45, 2.75) is 26.3 Å². The summed E-state index contributed by atoms with van der Waals surface area (Å²) in [5.74, 6) is 0.775. The van der Waals surface area contributed by atoms with Crippen LogP contribution in [-0.4, -0.2) is 24.7 Å². The lowest BCUT2D eigenvalue weighted by Crippen LogP contribution is -2.38. The van der Waals surface area contributed by atoms with E-state index in [1.807, 2.05) is 50.2 Å². The van der Waals surface area contributed by atoms with E-state index in [-0.39, 0.29) is 12.1 Å². The van der Waals surface area contributed by atoms with E-state index in [9.17, 15) is 4.79 Å². The minimum atomic E-state index is -0.197. The summed E-state index contributed by atoms with van der Waals surface area (Å²) < 4.78 is 5.36. The van der Waals surface area contributed by atoms with Gasteiger partial charge in [0.1, 0.15) is 5.75 Å². The van der Waals surface area contributed by atoms with Gasteiger partial charge in [0.15, 0.2) is 0 Å². The van der Waals surface area contributed by atoms with Crippen molar-refractivity contribution in [1.29, 1.82) is 0 Å². The van der Waals surface area contributed by atoms with Crippen LogP contribution in [0.1, 0.15) is 29.8 Å². The van der Waals surface area contributed by atoms with Crippen LogP contribution in [0.5, 0.6) is 5.75 Å². The molecule has 2 amide bonds. The van der Waals surface area contributed by atoms with Crippen molar-refractivity contribution >= 4 is 6.03 Å². The number of aromatic nitrogens is 1. The monoisotopic (exact) mass is 313 g/mol. The Balaban J connectivity index is 1.86. The van der Waals surface area contributed by atoms with Crippen LogP contribution in [-0.2, 0) is 6.42 Å². The summed E-state index contributed by atoms with van der Waals surface area (Å²) in [6, 6.07) is 11.4. The van der Waals surface area contributed by atoms with Gasteiger partial charge in [-0.25, -0.2) is 4.79 Å². The number of pyridine rings is 1. The number of urea groups is 1. The van der Waals surface area contributed by atoms with Crippen LogP contribution < -0.4 is 15.4 Å². The van der Waals surface area contributed by atoms with E-state index in [0.29, 0.717) is 13.0 Å². The fourth-order valence-corrected chi connectivity index (χ4v) is 2.37. The lowest BCUT2D eigenvalue weighted by atomic mass is 10.0. The van der Waals surface area contributed by atoms with Crippen molar-refractivity contribution in [3.05, 3.63) is 59.4 Å². The topological polar surface area (TPSA) is 63.2 Å². The molecule has 1 atom stereocenters. The summed E-state index contributed by atoms with van der Waals surface area (Å²) in [6.07, 6.45) is 2.46. The average Bonchev–Trinajstić information content (AvgIpc) is 2.55. The number of amides is 2. The Labute approximate surface area is 137 Å². The zero-order valence-electron chi connectivity index (χ0n) is 13.8. The van der Waals surface area contributed by atoms with Gasteiger partial charge in [-0.2, -0.15) is 0 Å². The number of methoxy groups -OCH3 is 1. The number of carbonyl (C=O) groups is 1.